The Morgan fingerprint density at radius 1 is 1.30 bits per heavy atom. The highest BCUT2D eigenvalue weighted by Gasteiger charge is 2.21. The molecular weight excluding hydrogens is 273 g/mol. The number of anilines is 1. The maximum atomic E-state index is 14.7. The van der Waals surface area contributed by atoms with Crippen LogP contribution in [0, 0.1) is 6.92 Å². The Kier molecular flexibility index (Phi) is 3.66. The number of rotatable bonds is 3. The van der Waals surface area contributed by atoms with Gasteiger partial charge in [0.15, 0.2) is 0 Å². The molecule has 0 aliphatic carbocycles. The molecule has 1 N–H and O–H groups in total. The zero-order valence-corrected chi connectivity index (χ0v) is 12.2. The molecule has 0 spiro atoms. The predicted octanol–water partition coefficient (Wildman–Crippen LogP) is 4.87. The fraction of sp³-hybridized carbons (Fsp3) is 0.294. The van der Waals surface area contributed by atoms with E-state index in [1.165, 1.54) is 5.56 Å². The van der Waals surface area contributed by atoms with Gasteiger partial charge in [0.1, 0.15) is 6.17 Å². The van der Waals surface area contributed by atoms with Gasteiger partial charge in [-0.3, -0.25) is 0 Å². The third-order valence-electron chi connectivity index (χ3n) is 3.82. The van der Waals surface area contributed by atoms with Crippen LogP contribution in [-0.2, 0) is 12.8 Å². The summed E-state index contributed by atoms with van der Waals surface area (Å²) in [6, 6.07) is 11.6. The first-order chi connectivity index (χ1) is 9.65. The van der Waals surface area contributed by atoms with Crippen molar-refractivity contribution in [3.8, 4) is 0 Å². The van der Waals surface area contributed by atoms with E-state index in [1.807, 2.05) is 37.3 Å². The minimum Gasteiger partial charge on any atom is -0.384 e. The monoisotopic (exact) mass is 289 g/mol. The van der Waals surface area contributed by atoms with Crippen molar-refractivity contribution in [2.24, 2.45) is 0 Å². The Bertz CT molecular complexity index is 639. The van der Waals surface area contributed by atoms with Crippen LogP contribution < -0.4 is 5.32 Å². The Hall–Kier alpha value is -1.54. The van der Waals surface area contributed by atoms with Gasteiger partial charge in [-0.15, -0.1) is 0 Å². The van der Waals surface area contributed by atoms with E-state index in [9.17, 15) is 4.39 Å². The average molecular weight is 290 g/mol. The molecule has 1 heterocycles. The first-order valence-corrected chi connectivity index (χ1v) is 7.27. The fourth-order valence-electron chi connectivity index (χ4n) is 2.75. The largest absolute Gasteiger partial charge is 0.384 e. The van der Waals surface area contributed by atoms with Gasteiger partial charge in [-0.25, -0.2) is 4.39 Å². The number of hydrogen-bond acceptors (Lipinski definition) is 1. The average Bonchev–Trinajstić information content (AvgIpc) is 2.90. The van der Waals surface area contributed by atoms with Crippen molar-refractivity contribution in [1.82, 2.24) is 0 Å². The van der Waals surface area contributed by atoms with E-state index in [2.05, 4.69) is 11.4 Å². The molecule has 2 aromatic carbocycles. The second-order valence-electron chi connectivity index (χ2n) is 5.32. The van der Waals surface area contributed by atoms with Gasteiger partial charge in [-0.1, -0.05) is 41.9 Å². The molecule has 0 saturated heterocycles. The summed E-state index contributed by atoms with van der Waals surface area (Å²) in [6.07, 6.45) is 0.258. The van der Waals surface area contributed by atoms with Crippen molar-refractivity contribution in [3.63, 3.8) is 0 Å². The highest BCUT2D eigenvalue weighted by atomic mass is 35.5. The van der Waals surface area contributed by atoms with E-state index in [4.69, 9.17) is 11.6 Å². The molecule has 20 heavy (non-hydrogen) atoms. The number of nitrogens with one attached hydrogen (secondary N) is 1. The lowest BCUT2D eigenvalue weighted by Crippen LogP contribution is -2.02. The Morgan fingerprint density at radius 3 is 2.95 bits per heavy atom. The number of fused-ring (bicyclic) bond motifs is 1. The maximum absolute atomic E-state index is 14.7. The van der Waals surface area contributed by atoms with Crippen LogP contribution in [0.25, 0.3) is 0 Å². The molecule has 1 unspecified atom stereocenters. The minimum absolute atomic E-state index is 0.317. The summed E-state index contributed by atoms with van der Waals surface area (Å²) < 4.78 is 14.7. The van der Waals surface area contributed by atoms with Gasteiger partial charge < -0.3 is 5.32 Å². The first-order valence-electron chi connectivity index (χ1n) is 6.90. The standard InChI is InChI=1S/C17H17ClFN/c1-11-5-6-13(15(18)9-11)10-16(19)14-4-2-3-12-7-8-20-17(12)14/h2-6,9,16,20H,7-8,10H2,1H3. The van der Waals surface area contributed by atoms with Crippen LogP contribution in [0.2, 0.25) is 5.02 Å². The number of aryl methyl sites for hydroxylation is 1. The lowest BCUT2D eigenvalue weighted by atomic mass is 9.98. The van der Waals surface area contributed by atoms with Crippen molar-refractivity contribution < 1.29 is 4.39 Å². The quantitative estimate of drug-likeness (QED) is 0.850. The lowest BCUT2D eigenvalue weighted by molar-refractivity contribution is 0.343. The smallest absolute Gasteiger partial charge is 0.131 e. The Labute approximate surface area is 123 Å². The van der Waals surface area contributed by atoms with Gasteiger partial charge in [0.25, 0.3) is 0 Å². The SMILES string of the molecule is Cc1ccc(CC(F)c2cccc3c2NCC3)c(Cl)c1. The zero-order chi connectivity index (χ0) is 14.1. The van der Waals surface area contributed by atoms with Crippen molar-refractivity contribution >= 4 is 17.3 Å². The van der Waals surface area contributed by atoms with Crippen LogP contribution in [-0.4, -0.2) is 6.54 Å². The van der Waals surface area contributed by atoms with Crippen LogP contribution in [0.15, 0.2) is 36.4 Å². The van der Waals surface area contributed by atoms with Crippen LogP contribution >= 0.6 is 11.6 Å². The predicted molar refractivity (Wildman–Crippen MR) is 82.4 cm³/mol. The molecule has 1 atom stereocenters. The van der Waals surface area contributed by atoms with E-state index < -0.39 is 6.17 Å². The van der Waals surface area contributed by atoms with Crippen molar-refractivity contribution in [1.29, 1.82) is 0 Å². The summed E-state index contributed by atoms with van der Waals surface area (Å²) in [6.45, 7) is 2.88. The van der Waals surface area contributed by atoms with Crippen LogP contribution in [0.3, 0.4) is 0 Å². The third kappa shape index (κ3) is 2.53. The van der Waals surface area contributed by atoms with E-state index in [0.29, 0.717) is 11.4 Å². The van der Waals surface area contributed by atoms with Gasteiger partial charge in [0, 0.05) is 29.2 Å². The normalized spacial score (nSPS) is 14.8. The topological polar surface area (TPSA) is 12.0 Å². The molecule has 0 amide bonds. The molecule has 0 fully saturated rings. The Morgan fingerprint density at radius 2 is 2.15 bits per heavy atom. The third-order valence-corrected chi connectivity index (χ3v) is 4.18. The second kappa shape index (κ2) is 5.45. The van der Waals surface area contributed by atoms with Gasteiger partial charge in [0.05, 0.1) is 0 Å². The number of hydrogen-bond donors (Lipinski definition) is 1. The summed E-state index contributed by atoms with van der Waals surface area (Å²) >= 11 is 6.20. The Balaban J connectivity index is 1.86. The summed E-state index contributed by atoms with van der Waals surface area (Å²) in [4.78, 5) is 0. The van der Waals surface area contributed by atoms with Crippen molar-refractivity contribution in [2.45, 2.75) is 25.9 Å². The lowest BCUT2D eigenvalue weighted by Gasteiger charge is -2.14. The van der Waals surface area contributed by atoms with E-state index in [1.54, 1.807) is 0 Å². The molecule has 1 aliphatic rings. The van der Waals surface area contributed by atoms with Crippen molar-refractivity contribution in [3.05, 3.63) is 63.7 Å². The molecule has 0 bridgehead atoms. The van der Waals surface area contributed by atoms with Crippen molar-refractivity contribution in [2.75, 3.05) is 11.9 Å². The minimum atomic E-state index is -1.03. The van der Waals surface area contributed by atoms with E-state index in [-0.39, 0.29) is 0 Å². The molecule has 104 valence electrons. The molecular formula is C17H17ClFN. The first kappa shape index (κ1) is 13.4. The van der Waals surface area contributed by atoms with Gasteiger partial charge in [-0.05, 0) is 36.1 Å². The summed E-state index contributed by atoms with van der Waals surface area (Å²) in [5.41, 5.74) is 4.89. The molecule has 2 aromatic rings. The molecule has 1 nitrogen and oxygen atoms in total. The van der Waals surface area contributed by atoms with E-state index >= 15 is 0 Å². The summed E-state index contributed by atoms with van der Waals surface area (Å²) in [5.74, 6) is 0. The number of halogens is 2. The number of para-hydroxylation sites is 1. The molecule has 3 heteroatoms. The second-order valence-corrected chi connectivity index (χ2v) is 5.73. The molecule has 0 radical (unpaired) electrons. The van der Waals surface area contributed by atoms with Crippen LogP contribution in [0.5, 0.6) is 0 Å². The molecule has 0 aromatic heterocycles. The molecule has 0 saturated carbocycles. The number of alkyl halides is 1. The van der Waals surface area contributed by atoms with Gasteiger partial charge >= 0.3 is 0 Å². The highest BCUT2D eigenvalue weighted by molar-refractivity contribution is 6.31. The molecule has 1 aliphatic heterocycles. The van der Waals surface area contributed by atoms with Crippen LogP contribution in [0.4, 0.5) is 10.1 Å². The summed E-state index contributed by atoms with van der Waals surface area (Å²) in [5, 5.41) is 3.93. The number of benzene rings is 2. The zero-order valence-electron chi connectivity index (χ0n) is 11.4. The van der Waals surface area contributed by atoms with Gasteiger partial charge in [0.2, 0.25) is 0 Å². The highest BCUT2D eigenvalue weighted by Crippen LogP contribution is 2.35. The van der Waals surface area contributed by atoms with E-state index in [0.717, 1.165) is 35.3 Å². The van der Waals surface area contributed by atoms with Crippen LogP contribution in [0.1, 0.15) is 28.4 Å². The fourth-order valence-corrected chi connectivity index (χ4v) is 3.06. The van der Waals surface area contributed by atoms with Gasteiger partial charge in [-0.2, -0.15) is 0 Å². The molecule has 3 rings (SSSR count). The maximum Gasteiger partial charge on any atom is 0.131 e. The summed E-state index contributed by atoms with van der Waals surface area (Å²) in [7, 11) is 0.